The van der Waals surface area contributed by atoms with E-state index in [1.54, 1.807) is 54.6 Å². The summed E-state index contributed by atoms with van der Waals surface area (Å²) in [5, 5.41) is 9.56. The molecule has 4 rings (SSSR count). The van der Waals surface area contributed by atoms with Crippen LogP contribution in [-0.4, -0.2) is 12.6 Å². The maximum Gasteiger partial charge on any atom is 0.343 e. The van der Waals surface area contributed by atoms with Gasteiger partial charge in [-0.15, -0.1) is 0 Å². The van der Waals surface area contributed by atoms with Crippen molar-refractivity contribution in [2.24, 2.45) is 5.73 Å². The van der Waals surface area contributed by atoms with Gasteiger partial charge in [-0.2, -0.15) is 5.26 Å². The van der Waals surface area contributed by atoms with E-state index in [1.165, 1.54) is 6.26 Å². The molecule has 0 saturated carbocycles. The van der Waals surface area contributed by atoms with Crippen LogP contribution in [-0.2, 0) is 0 Å². The van der Waals surface area contributed by atoms with Gasteiger partial charge in [0.25, 0.3) is 0 Å². The zero-order valence-corrected chi connectivity index (χ0v) is 18.2. The van der Waals surface area contributed by atoms with Crippen LogP contribution in [0.15, 0.2) is 76.7 Å². The van der Waals surface area contributed by atoms with E-state index in [2.05, 4.69) is 13.0 Å². The number of rotatable bonds is 8. The normalized spacial score (nSPS) is 14.7. The van der Waals surface area contributed by atoms with Crippen LogP contribution in [0.3, 0.4) is 0 Å². The van der Waals surface area contributed by atoms with Crippen molar-refractivity contribution in [3.05, 3.63) is 89.2 Å². The summed E-state index contributed by atoms with van der Waals surface area (Å²) in [5.41, 5.74) is 7.34. The molecule has 2 N–H and O–H groups in total. The molecule has 0 bridgehead atoms. The minimum absolute atomic E-state index is 0.00981. The molecule has 1 aliphatic heterocycles. The van der Waals surface area contributed by atoms with E-state index in [1.807, 2.05) is 0 Å². The number of carbonyl (C=O) groups excluding carboxylic acids is 1. The van der Waals surface area contributed by atoms with Gasteiger partial charge in [0.2, 0.25) is 5.88 Å². The molecule has 0 radical (unpaired) electrons. The fourth-order valence-electron chi connectivity index (χ4n) is 3.64. The molecule has 2 heterocycles. The third-order valence-corrected chi connectivity index (χ3v) is 5.34. The van der Waals surface area contributed by atoms with E-state index in [0.29, 0.717) is 40.7 Å². The van der Waals surface area contributed by atoms with E-state index < -0.39 is 11.9 Å². The Morgan fingerprint density at radius 2 is 1.91 bits per heavy atom. The molecule has 33 heavy (non-hydrogen) atoms. The summed E-state index contributed by atoms with van der Waals surface area (Å²) in [5.74, 6) is 0.962. The molecule has 2 aromatic carbocycles. The molecule has 3 aromatic rings. The molecule has 7 nitrogen and oxygen atoms in total. The Balaban J connectivity index is 1.48. The molecule has 1 unspecified atom stereocenters. The van der Waals surface area contributed by atoms with Crippen LogP contribution in [0.2, 0.25) is 0 Å². The van der Waals surface area contributed by atoms with Crippen LogP contribution >= 0.6 is 0 Å². The molecule has 0 saturated heterocycles. The number of benzene rings is 2. The van der Waals surface area contributed by atoms with Crippen molar-refractivity contribution in [1.29, 1.82) is 5.26 Å². The number of ether oxygens (including phenoxy) is 3. The Morgan fingerprint density at radius 1 is 1.12 bits per heavy atom. The number of nitrogens with two attached hydrogens (primary N) is 1. The lowest BCUT2D eigenvalue weighted by atomic mass is 9.87. The van der Waals surface area contributed by atoms with Crippen molar-refractivity contribution in [2.75, 3.05) is 6.61 Å². The average molecular weight is 444 g/mol. The van der Waals surface area contributed by atoms with Crippen LogP contribution in [0.4, 0.5) is 0 Å². The summed E-state index contributed by atoms with van der Waals surface area (Å²) in [6, 6.07) is 17.4. The van der Waals surface area contributed by atoms with Crippen molar-refractivity contribution in [1.82, 2.24) is 0 Å². The zero-order valence-electron chi connectivity index (χ0n) is 18.2. The Morgan fingerprint density at radius 3 is 2.61 bits per heavy atom. The molecule has 1 aliphatic rings. The highest BCUT2D eigenvalue weighted by atomic mass is 16.5. The fourth-order valence-corrected chi connectivity index (χ4v) is 3.64. The molecular weight excluding hydrogens is 420 g/mol. The smallest absolute Gasteiger partial charge is 0.343 e. The van der Waals surface area contributed by atoms with Crippen molar-refractivity contribution in [3.63, 3.8) is 0 Å². The monoisotopic (exact) mass is 444 g/mol. The van der Waals surface area contributed by atoms with Gasteiger partial charge in [0.1, 0.15) is 34.7 Å². The van der Waals surface area contributed by atoms with Crippen LogP contribution in [0, 0.1) is 11.3 Å². The number of nitrogens with zero attached hydrogens (tertiary/aromatic N) is 1. The standard InChI is InChI=1S/C26H24N2O5/c1-2-3-4-13-30-18-9-7-17(8-10-18)26(29)32-19-11-12-20-23(15-19)33-25(28)21(16-27)24(20)22-6-5-14-31-22/h5-12,14-15,24H,2-4,13,28H2,1H3. The first-order valence-electron chi connectivity index (χ1n) is 10.8. The summed E-state index contributed by atoms with van der Waals surface area (Å²) in [4.78, 5) is 12.6. The van der Waals surface area contributed by atoms with Crippen molar-refractivity contribution in [3.8, 4) is 23.3 Å². The SMILES string of the molecule is CCCCCOc1ccc(C(=O)Oc2ccc3c(c2)OC(N)=C(C#N)C3c2ccco2)cc1. The molecule has 1 aromatic heterocycles. The van der Waals surface area contributed by atoms with Crippen LogP contribution in [0.25, 0.3) is 0 Å². The van der Waals surface area contributed by atoms with E-state index >= 15 is 0 Å². The van der Waals surface area contributed by atoms with Crippen molar-refractivity contribution < 1.29 is 23.4 Å². The largest absolute Gasteiger partial charge is 0.494 e. The Kier molecular flexibility index (Phi) is 6.65. The van der Waals surface area contributed by atoms with Gasteiger partial charge < -0.3 is 24.4 Å². The predicted molar refractivity (Wildman–Crippen MR) is 121 cm³/mol. The molecule has 168 valence electrons. The highest BCUT2D eigenvalue weighted by Crippen LogP contribution is 2.43. The third-order valence-electron chi connectivity index (χ3n) is 5.34. The molecular formula is C26H24N2O5. The van der Waals surface area contributed by atoms with Gasteiger partial charge >= 0.3 is 5.97 Å². The first-order chi connectivity index (χ1) is 16.1. The maximum absolute atomic E-state index is 12.6. The predicted octanol–water partition coefficient (Wildman–Crippen LogP) is 5.29. The molecule has 0 spiro atoms. The van der Waals surface area contributed by atoms with Gasteiger partial charge in [-0.25, -0.2) is 4.79 Å². The van der Waals surface area contributed by atoms with Gasteiger partial charge in [0.15, 0.2) is 0 Å². The van der Waals surface area contributed by atoms with Gasteiger partial charge in [0.05, 0.1) is 24.4 Å². The van der Waals surface area contributed by atoms with Crippen molar-refractivity contribution >= 4 is 5.97 Å². The Labute approximate surface area is 192 Å². The number of fused-ring (bicyclic) bond motifs is 1. The quantitative estimate of drug-likeness (QED) is 0.286. The highest BCUT2D eigenvalue weighted by molar-refractivity contribution is 5.91. The van der Waals surface area contributed by atoms with E-state index in [-0.39, 0.29) is 11.5 Å². The van der Waals surface area contributed by atoms with Crippen LogP contribution in [0.5, 0.6) is 17.2 Å². The molecule has 0 aliphatic carbocycles. The van der Waals surface area contributed by atoms with Crippen LogP contribution in [0.1, 0.15) is 53.8 Å². The second kappa shape index (κ2) is 9.96. The minimum Gasteiger partial charge on any atom is -0.494 e. The molecule has 7 heteroatoms. The van der Waals surface area contributed by atoms with E-state index in [9.17, 15) is 10.1 Å². The summed E-state index contributed by atoms with van der Waals surface area (Å²) < 4.78 is 22.4. The maximum atomic E-state index is 12.6. The minimum atomic E-state index is -0.507. The lowest BCUT2D eigenvalue weighted by Gasteiger charge is -2.25. The van der Waals surface area contributed by atoms with E-state index in [0.717, 1.165) is 19.3 Å². The number of allylic oxidation sites excluding steroid dienone is 1. The summed E-state index contributed by atoms with van der Waals surface area (Å²) in [6.45, 7) is 2.79. The lowest BCUT2D eigenvalue weighted by molar-refractivity contribution is 0.0734. The number of unbranched alkanes of at least 4 members (excludes halogenated alkanes) is 2. The highest BCUT2D eigenvalue weighted by Gasteiger charge is 2.32. The number of carbonyl (C=O) groups is 1. The number of hydrogen-bond donors (Lipinski definition) is 1. The topological polar surface area (TPSA) is 108 Å². The number of hydrogen-bond acceptors (Lipinski definition) is 7. The van der Waals surface area contributed by atoms with Gasteiger partial charge in [0, 0.05) is 11.6 Å². The van der Waals surface area contributed by atoms with Gasteiger partial charge in [-0.05, 0) is 48.9 Å². The lowest BCUT2D eigenvalue weighted by Crippen LogP contribution is -2.21. The fraction of sp³-hybridized carbons (Fsp3) is 0.231. The second-order valence-electron chi connectivity index (χ2n) is 7.61. The second-order valence-corrected chi connectivity index (χ2v) is 7.61. The molecule has 0 amide bonds. The molecule has 0 fully saturated rings. The Hall–Kier alpha value is -4.18. The number of nitriles is 1. The summed E-state index contributed by atoms with van der Waals surface area (Å²) in [6.07, 6.45) is 4.79. The summed E-state index contributed by atoms with van der Waals surface area (Å²) in [7, 11) is 0. The Bertz CT molecular complexity index is 1190. The first-order valence-corrected chi connectivity index (χ1v) is 10.8. The van der Waals surface area contributed by atoms with Crippen LogP contribution < -0.4 is 19.9 Å². The van der Waals surface area contributed by atoms with Gasteiger partial charge in [-0.3, -0.25) is 0 Å². The summed E-state index contributed by atoms with van der Waals surface area (Å²) >= 11 is 0. The van der Waals surface area contributed by atoms with E-state index in [4.69, 9.17) is 24.4 Å². The number of esters is 1. The van der Waals surface area contributed by atoms with Gasteiger partial charge in [-0.1, -0.05) is 25.8 Å². The number of furan rings is 1. The first kappa shape index (κ1) is 22.0. The third kappa shape index (κ3) is 4.85. The van der Waals surface area contributed by atoms with Crippen molar-refractivity contribution in [2.45, 2.75) is 32.1 Å². The average Bonchev–Trinajstić information content (AvgIpc) is 3.36. The molecule has 1 atom stereocenters. The zero-order chi connectivity index (χ0) is 23.2.